The number of rotatable bonds is 4. The van der Waals surface area contributed by atoms with Crippen LogP contribution in [0, 0.1) is 0 Å². The molecule has 1 N–H and O–H groups in total. The molecule has 0 spiro atoms. The van der Waals surface area contributed by atoms with Gasteiger partial charge in [0.1, 0.15) is 5.15 Å². The van der Waals surface area contributed by atoms with Gasteiger partial charge in [-0.2, -0.15) is 0 Å². The average molecular weight is 343 g/mol. The lowest BCUT2D eigenvalue weighted by molar-refractivity contribution is 0.00578. The molecule has 4 nitrogen and oxygen atoms in total. The summed E-state index contributed by atoms with van der Waals surface area (Å²) in [5.74, 6) is 0. The van der Waals surface area contributed by atoms with Crippen LogP contribution in [0.25, 0.3) is 6.08 Å². The molecule has 2 rings (SSSR count). The third kappa shape index (κ3) is 3.66. The molecule has 1 aromatic rings. The molecule has 1 aromatic heterocycles. The van der Waals surface area contributed by atoms with E-state index in [4.69, 9.17) is 32.5 Å². The van der Waals surface area contributed by atoms with E-state index in [-0.39, 0.29) is 11.2 Å². The van der Waals surface area contributed by atoms with Crippen molar-refractivity contribution in [3.8, 4) is 0 Å². The van der Waals surface area contributed by atoms with Crippen molar-refractivity contribution < 1.29 is 9.31 Å². The second-order valence-corrected chi connectivity index (χ2v) is 7.17. The van der Waals surface area contributed by atoms with Crippen molar-refractivity contribution in [2.24, 2.45) is 0 Å². The van der Waals surface area contributed by atoms with Gasteiger partial charge in [0.05, 0.1) is 16.2 Å². The number of pyridine rings is 1. The van der Waals surface area contributed by atoms with Gasteiger partial charge in [-0.25, -0.2) is 4.98 Å². The molecule has 7 heteroatoms. The highest BCUT2D eigenvalue weighted by Crippen LogP contribution is 2.39. The topological polar surface area (TPSA) is 43.4 Å². The van der Waals surface area contributed by atoms with Gasteiger partial charge in [-0.05, 0) is 46.3 Å². The minimum atomic E-state index is -0.438. The lowest BCUT2D eigenvalue weighted by Gasteiger charge is -2.32. The molecule has 0 radical (unpaired) electrons. The van der Waals surface area contributed by atoms with E-state index in [1.807, 2.05) is 40.8 Å². The fourth-order valence-corrected chi connectivity index (χ4v) is 2.46. The molecular formula is C15H21BCl2N2O2. The van der Waals surface area contributed by atoms with E-state index in [1.54, 1.807) is 6.07 Å². The highest BCUT2D eigenvalue weighted by atomic mass is 35.5. The van der Waals surface area contributed by atoms with E-state index >= 15 is 0 Å². The van der Waals surface area contributed by atoms with Crippen molar-refractivity contribution in [2.75, 3.05) is 13.6 Å². The van der Waals surface area contributed by atoms with Crippen molar-refractivity contribution in [1.82, 2.24) is 10.3 Å². The zero-order chi connectivity index (χ0) is 16.5. The van der Waals surface area contributed by atoms with Crippen LogP contribution >= 0.6 is 23.2 Å². The second-order valence-electron chi connectivity index (χ2n) is 6.37. The van der Waals surface area contributed by atoms with Crippen LogP contribution in [-0.2, 0) is 9.31 Å². The van der Waals surface area contributed by atoms with Crippen LogP contribution in [0.4, 0.5) is 0 Å². The molecule has 0 bridgehead atoms. The summed E-state index contributed by atoms with van der Waals surface area (Å²) >= 11 is 12.1. The van der Waals surface area contributed by atoms with Crippen LogP contribution in [0.1, 0.15) is 33.3 Å². The Labute approximate surface area is 142 Å². The van der Waals surface area contributed by atoms with Gasteiger partial charge in [0.15, 0.2) is 0 Å². The molecule has 1 saturated heterocycles. The zero-order valence-corrected chi connectivity index (χ0v) is 15.0. The van der Waals surface area contributed by atoms with Gasteiger partial charge in [0.25, 0.3) is 0 Å². The Morgan fingerprint density at radius 3 is 2.41 bits per heavy atom. The molecule has 22 heavy (non-hydrogen) atoms. The van der Waals surface area contributed by atoms with Crippen LogP contribution < -0.4 is 5.32 Å². The Morgan fingerprint density at radius 1 is 1.27 bits per heavy atom. The van der Waals surface area contributed by atoms with E-state index in [9.17, 15) is 0 Å². The first-order chi connectivity index (χ1) is 10.2. The van der Waals surface area contributed by atoms with Crippen molar-refractivity contribution >= 4 is 36.4 Å². The number of hydrogen-bond donors (Lipinski definition) is 1. The highest BCUT2D eigenvalue weighted by molar-refractivity contribution is 6.56. The van der Waals surface area contributed by atoms with Gasteiger partial charge >= 0.3 is 7.12 Å². The first-order valence-electron chi connectivity index (χ1n) is 7.18. The summed E-state index contributed by atoms with van der Waals surface area (Å²) in [6, 6.07) is 1.78. The Balaban J connectivity index is 2.35. The van der Waals surface area contributed by atoms with E-state index in [1.165, 1.54) is 6.20 Å². The maximum atomic E-state index is 6.14. The highest BCUT2D eigenvalue weighted by Gasteiger charge is 2.52. The number of halogens is 2. The van der Waals surface area contributed by atoms with Crippen molar-refractivity contribution in [3.05, 3.63) is 33.5 Å². The van der Waals surface area contributed by atoms with Crippen LogP contribution in [0.2, 0.25) is 10.2 Å². The van der Waals surface area contributed by atoms with E-state index < -0.39 is 7.12 Å². The predicted molar refractivity (Wildman–Crippen MR) is 92.2 cm³/mol. The second kappa shape index (κ2) is 6.50. The predicted octanol–water partition coefficient (Wildman–Crippen LogP) is 3.62. The fraction of sp³-hybridized carbons (Fsp3) is 0.533. The number of nitrogens with zero attached hydrogens (tertiary/aromatic N) is 1. The smallest absolute Gasteiger partial charge is 0.400 e. The first-order valence-corrected chi connectivity index (χ1v) is 7.93. The largest absolute Gasteiger partial charge is 0.491 e. The van der Waals surface area contributed by atoms with Crippen LogP contribution in [0.5, 0.6) is 0 Å². The Kier molecular flexibility index (Phi) is 5.25. The third-order valence-electron chi connectivity index (χ3n) is 4.11. The minimum absolute atomic E-state index is 0.388. The van der Waals surface area contributed by atoms with Gasteiger partial charge in [-0.1, -0.05) is 29.3 Å². The Bertz CT molecular complexity index is 575. The lowest BCUT2D eigenvalue weighted by Crippen LogP contribution is -2.41. The third-order valence-corrected chi connectivity index (χ3v) is 4.63. The summed E-state index contributed by atoms with van der Waals surface area (Å²) in [6.07, 6.45) is 3.44. The van der Waals surface area contributed by atoms with E-state index in [0.717, 1.165) is 11.0 Å². The molecule has 1 aliphatic heterocycles. The summed E-state index contributed by atoms with van der Waals surface area (Å²) in [5, 5.41) is 4.06. The summed E-state index contributed by atoms with van der Waals surface area (Å²) < 4.78 is 12.2. The molecule has 0 aromatic carbocycles. The van der Waals surface area contributed by atoms with Gasteiger partial charge in [-0.15, -0.1) is 0 Å². The molecule has 2 heterocycles. The van der Waals surface area contributed by atoms with Crippen LogP contribution in [-0.4, -0.2) is 36.9 Å². The Morgan fingerprint density at radius 2 is 1.86 bits per heavy atom. The van der Waals surface area contributed by atoms with Crippen LogP contribution in [0.15, 0.2) is 17.7 Å². The monoisotopic (exact) mass is 342 g/mol. The van der Waals surface area contributed by atoms with Gasteiger partial charge in [0.2, 0.25) is 0 Å². The minimum Gasteiger partial charge on any atom is -0.400 e. The lowest BCUT2D eigenvalue weighted by atomic mass is 9.77. The first kappa shape index (κ1) is 17.8. The number of likely N-dealkylation sites (N-methyl/N-ethyl adjacent to an activating group) is 1. The van der Waals surface area contributed by atoms with Gasteiger partial charge in [0, 0.05) is 18.3 Å². The average Bonchev–Trinajstić information content (AvgIpc) is 2.62. The fourth-order valence-electron chi connectivity index (χ4n) is 2.14. The summed E-state index contributed by atoms with van der Waals surface area (Å²) in [7, 11) is 1.43. The molecular weight excluding hydrogens is 322 g/mol. The summed E-state index contributed by atoms with van der Waals surface area (Å²) in [4.78, 5) is 4.06. The van der Waals surface area contributed by atoms with Crippen molar-refractivity contribution in [3.63, 3.8) is 0 Å². The van der Waals surface area contributed by atoms with E-state index in [2.05, 4.69) is 10.3 Å². The molecule has 1 aliphatic rings. The van der Waals surface area contributed by atoms with Crippen LogP contribution in [0.3, 0.4) is 0 Å². The van der Waals surface area contributed by atoms with E-state index in [0.29, 0.717) is 16.7 Å². The van der Waals surface area contributed by atoms with Gasteiger partial charge in [-0.3, -0.25) is 0 Å². The van der Waals surface area contributed by atoms with Crippen molar-refractivity contribution in [2.45, 2.75) is 38.9 Å². The maximum absolute atomic E-state index is 6.14. The molecule has 0 atom stereocenters. The Hall–Kier alpha value is -0.585. The summed E-state index contributed by atoms with van der Waals surface area (Å²) in [5.41, 5.74) is 0.906. The standard InChI is InChI=1S/C15H21BCl2N2O2/c1-14(2)15(3,4)22-16(21-14)11(8-19-5)6-10-7-12(17)9-20-13(10)18/h6-7,9,19H,8H2,1-5H3. The quantitative estimate of drug-likeness (QED) is 0.670. The molecule has 120 valence electrons. The zero-order valence-electron chi connectivity index (χ0n) is 13.5. The van der Waals surface area contributed by atoms with Gasteiger partial charge < -0.3 is 14.6 Å². The number of nitrogens with one attached hydrogen (secondary N) is 1. The number of aromatic nitrogens is 1. The molecule has 1 fully saturated rings. The molecule has 0 saturated carbocycles. The van der Waals surface area contributed by atoms with Crippen molar-refractivity contribution in [1.29, 1.82) is 0 Å². The molecule has 0 aliphatic carbocycles. The number of hydrogen-bond acceptors (Lipinski definition) is 4. The SMILES string of the molecule is CNCC(=Cc1cc(Cl)cnc1Cl)B1OC(C)(C)C(C)(C)O1. The summed E-state index contributed by atoms with van der Waals surface area (Å²) in [6.45, 7) is 8.71. The normalized spacial score (nSPS) is 20.5. The molecule has 0 unspecified atom stereocenters. The molecule has 0 amide bonds. The maximum Gasteiger partial charge on any atom is 0.491 e.